The van der Waals surface area contributed by atoms with Crippen molar-refractivity contribution in [3.05, 3.63) is 215 Å². The molecule has 6 aromatic carbocycles. The van der Waals surface area contributed by atoms with Gasteiger partial charge in [-0.15, -0.1) is 0 Å². The SMILES string of the molecule is CC(=O)OC1[C@@H](OCc2ccccc2)C(C)O[C@H](O[C@@H]2C(COCc3ccccc3)O[C@@H](OC(C)[C@@H](OCc3ccccc3)C(C)O)C(OC(=O)c3ccccc3)C2OCc2ccccc2)[C@H]1OCc1ccccc1. The summed E-state index contributed by atoms with van der Waals surface area (Å²) in [5.74, 6) is -1.24. The van der Waals surface area contributed by atoms with Crippen LogP contribution in [0.3, 0.4) is 0 Å². The fourth-order valence-corrected chi connectivity index (χ4v) is 9.23. The monoisotopic (exact) mass is 1020 g/mol. The standard InChI is InChI=1S/C61H68O14/c1-41(62)52(66-36-46-25-13-6-14-26-46)42(2)70-61-58(74-59(64)50-33-21-10-22-34-50)55(68-38-48-29-17-8-18-30-48)54(51(73-61)40-65-35-45-23-11-5-12-24-45)75-60-57(69-39-49-31-19-9-20-32-49)56(72-44(4)63)53(43(3)71-60)67-37-47-27-15-7-16-28-47/h5-34,41-43,51-58,60-62H,35-40H2,1-4H3/t41?,42?,43?,51?,52-,53-,54+,55?,56?,57-,58?,60+,61+/m0/s1. The van der Waals surface area contributed by atoms with Crippen molar-refractivity contribution in [3.8, 4) is 0 Å². The van der Waals surface area contributed by atoms with Crippen LogP contribution >= 0.6 is 0 Å². The van der Waals surface area contributed by atoms with E-state index in [1.54, 1.807) is 44.2 Å². The molecule has 0 amide bonds. The van der Waals surface area contributed by atoms with Gasteiger partial charge in [-0.2, -0.15) is 0 Å². The van der Waals surface area contributed by atoms with Gasteiger partial charge in [0, 0.05) is 6.92 Å². The molecule has 2 aliphatic rings. The highest BCUT2D eigenvalue weighted by Gasteiger charge is 2.55. The van der Waals surface area contributed by atoms with Gasteiger partial charge in [0.15, 0.2) is 24.8 Å². The number of hydrogen-bond acceptors (Lipinski definition) is 14. The predicted molar refractivity (Wildman–Crippen MR) is 277 cm³/mol. The first-order valence-electron chi connectivity index (χ1n) is 25.6. The zero-order chi connectivity index (χ0) is 52.4. The van der Waals surface area contributed by atoms with Gasteiger partial charge in [0.2, 0.25) is 0 Å². The Bertz CT molecular complexity index is 2580. The molecule has 2 saturated heterocycles. The molecule has 0 saturated carbocycles. The molecule has 2 heterocycles. The molecular weight excluding hydrogens is 957 g/mol. The maximum Gasteiger partial charge on any atom is 0.338 e. The van der Waals surface area contributed by atoms with E-state index < -0.39 is 91.7 Å². The summed E-state index contributed by atoms with van der Waals surface area (Å²) >= 11 is 0. The van der Waals surface area contributed by atoms with Crippen molar-refractivity contribution in [3.63, 3.8) is 0 Å². The van der Waals surface area contributed by atoms with Crippen LogP contribution in [0.2, 0.25) is 0 Å². The number of benzene rings is 6. The Kier molecular flexibility index (Phi) is 20.7. The summed E-state index contributed by atoms with van der Waals surface area (Å²) < 4.78 is 73.7. The second kappa shape index (κ2) is 28.1. The van der Waals surface area contributed by atoms with Crippen LogP contribution in [-0.2, 0) is 89.9 Å². The second-order valence-corrected chi connectivity index (χ2v) is 18.8. The molecule has 2 fully saturated rings. The number of rotatable bonds is 25. The van der Waals surface area contributed by atoms with E-state index in [0.29, 0.717) is 0 Å². The first-order chi connectivity index (χ1) is 36.6. The average Bonchev–Trinajstić information content (AvgIpc) is 3.42. The topological polar surface area (TPSA) is 156 Å². The molecule has 0 spiro atoms. The molecule has 0 bridgehead atoms. The van der Waals surface area contributed by atoms with E-state index in [1.807, 2.05) is 159 Å². The Morgan fingerprint density at radius 3 is 1.45 bits per heavy atom. The van der Waals surface area contributed by atoms with Gasteiger partial charge in [-0.1, -0.05) is 170 Å². The smallest absolute Gasteiger partial charge is 0.338 e. The lowest BCUT2D eigenvalue weighted by Gasteiger charge is -2.49. The van der Waals surface area contributed by atoms with Crippen LogP contribution in [0.1, 0.15) is 65.9 Å². The molecule has 14 heteroatoms. The summed E-state index contributed by atoms with van der Waals surface area (Å²) in [6, 6.07) is 56.7. The molecule has 0 radical (unpaired) electrons. The first-order valence-corrected chi connectivity index (χ1v) is 25.6. The van der Waals surface area contributed by atoms with Crippen molar-refractivity contribution in [1.29, 1.82) is 0 Å². The number of ether oxygens (including phenoxy) is 11. The minimum Gasteiger partial charge on any atom is -0.457 e. The van der Waals surface area contributed by atoms with Crippen molar-refractivity contribution < 1.29 is 66.8 Å². The molecule has 14 nitrogen and oxygen atoms in total. The molecule has 0 aliphatic carbocycles. The minimum atomic E-state index is -1.35. The third-order valence-corrected chi connectivity index (χ3v) is 13.0. The van der Waals surface area contributed by atoms with E-state index in [1.165, 1.54) is 6.92 Å². The Morgan fingerprint density at radius 1 is 0.507 bits per heavy atom. The second-order valence-electron chi connectivity index (χ2n) is 18.8. The number of carbonyl (C=O) groups is 2. The lowest BCUT2D eigenvalue weighted by atomic mass is 9.96. The largest absolute Gasteiger partial charge is 0.457 e. The van der Waals surface area contributed by atoms with Crippen molar-refractivity contribution in [2.45, 2.75) is 140 Å². The van der Waals surface area contributed by atoms with E-state index in [2.05, 4.69) is 0 Å². The predicted octanol–water partition coefficient (Wildman–Crippen LogP) is 9.34. The summed E-state index contributed by atoms with van der Waals surface area (Å²) in [6.45, 7) is 7.21. The number of esters is 2. The zero-order valence-corrected chi connectivity index (χ0v) is 42.8. The van der Waals surface area contributed by atoms with Crippen LogP contribution in [0, 0.1) is 0 Å². The van der Waals surface area contributed by atoms with Crippen LogP contribution in [0.4, 0.5) is 0 Å². The molecule has 0 aromatic heterocycles. The van der Waals surface area contributed by atoms with Crippen LogP contribution in [0.5, 0.6) is 0 Å². The van der Waals surface area contributed by atoms with Crippen molar-refractivity contribution in [1.82, 2.24) is 0 Å². The lowest BCUT2D eigenvalue weighted by Crippen LogP contribution is -2.66. The Hall–Kier alpha value is -6.14. The van der Waals surface area contributed by atoms with Gasteiger partial charge in [-0.25, -0.2) is 4.79 Å². The van der Waals surface area contributed by atoms with E-state index >= 15 is 0 Å². The number of hydrogen-bond donors (Lipinski definition) is 1. The molecule has 2 aliphatic heterocycles. The third kappa shape index (κ3) is 15.9. The average molecular weight is 1030 g/mol. The quantitative estimate of drug-likeness (QED) is 0.0542. The third-order valence-electron chi connectivity index (χ3n) is 13.0. The van der Waals surface area contributed by atoms with Gasteiger partial charge >= 0.3 is 11.9 Å². The normalized spacial score (nSPS) is 24.9. The van der Waals surface area contributed by atoms with E-state index in [4.69, 9.17) is 52.1 Å². The van der Waals surface area contributed by atoms with Gasteiger partial charge in [0.1, 0.15) is 36.6 Å². The molecule has 7 unspecified atom stereocenters. The number of aliphatic hydroxyl groups excluding tert-OH is 1. The van der Waals surface area contributed by atoms with Gasteiger partial charge in [-0.05, 0) is 60.7 Å². The molecule has 13 atom stereocenters. The van der Waals surface area contributed by atoms with E-state index in [9.17, 15) is 14.7 Å². The summed E-state index contributed by atoms with van der Waals surface area (Å²) in [5.41, 5.74) is 4.67. The molecule has 8 rings (SSSR count). The molecule has 6 aromatic rings. The molecule has 396 valence electrons. The molecule has 75 heavy (non-hydrogen) atoms. The Labute approximate surface area is 439 Å². The van der Waals surface area contributed by atoms with Gasteiger partial charge < -0.3 is 57.2 Å². The van der Waals surface area contributed by atoms with Crippen molar-refractivity contribution in [2.24, 2.45) is 0 Å². The summed E-state index contributed by atoms with van der Waals surface area (Å²) in [6.07, 6.45) is -13.7. The van der Waals surface area contributed by atoms with Crippen molar-refractivity contribution >= 4 is 11.9 Å². The molecular formula is C61H68O14. The van der Waals surface area contributed by atoms with E-state index in [0.717, 1.165) is 27.8 Å². The maximum atomic E-state index is 14.4. The van der Waals surface area contributed by atoms with E-state index in [-0.39, 0.29) is 45.2 Å². The number of carbonyl (C=O) groups excluding carboxylic acids is 2. The van der Waals surface area contributed by atoms with Crippen LogP contribution in [0.25, 0.3) is 0 Å². The Morgan fingerprint density at radius 2 is 0.960 bits per heavy atom. The fourth-order valence-electron chi connectivity index (χ4n) is 9.23. The Balaban J connectivity index is 1.19. The van der Waals surface area contributed by atoms with Crippen molar-refractivity contribution in [2.75, 3.05) is 6.61 Å². The minimum absolute atomic E-state index is 0.0441. The van der Waals surface area contributed by atoms with Crippen LogP contribution < -0.4 is 0 Å². The summed E-state index contributed by atoms with van der Waals surface area (Å²) in [4.78, 5) is 27.6. The van der Waals surface area contributed by atoms with Crippen LogP contribution in [0.15, 0.2) is 182 Å². The first kappa shape index (κ1) is 55.1. The summed E-state index contributed by atoms with van der Waals surface area (Å²) in [7, 11) is 0. The highest BCUT2D eigenvalue weighted by molar-refractivity contribution is 5.89. The maximum absolute atomic E-state index is 14.4. The highest BCUT2D eigenvalue weighted by atomic mass is 16.8. The summed E-state index contributed by atoms with van der Waals surface area (Å²) in [5, 5.41) is 11.2. The highest BCUT2D eigenvalue weighted by Crippen LogP contribution is 2.37. The van der Waals surface area contributed by atoms with Gasteiger partial charge in [0.05, 0.1) is 63.5 Å². The fraction of sp³-hybridized carbons (Fsp3) is 0.377. The van der Waals surface area contributed by atoms with Gasteiger partial charge in [0.25, 0.3) is 0 Å². The molecule has 1 N–H and O–H groups in total. The van der Waals surface area contributed by atoms with Gasteiger partial charge in [-0.3, -0.25) is 4.79 Å². The van der Waals surface area contributed by atoms with Crippen LogP contribution in [-0.4, -0.2) is 103 Å². The number of aliphatic hydroxyl groups is 1. The lowest BCUT2D eigenvalue weighted by molar-refractivity contribution is -0.372. The zero-order valence-electron chi connectivity index (χ0n) is 42.8.